The van der Waals surface area contributed by atoms with Crippen LogP contribution in [0.1, 0.15) is 17.2 Å². The van der Waals surface area contributed by atoms with Crippen molar-refractivity contribution < 1.29 is 9.47 Å². The summed E-state index contributed by atoms with van der Waals surface area (Å²) in [4.78, 5) is 0. The molecule has 0 aliphatic heterocycles. The molecule has 0 aromatic heterocycles. The molecule has 2 N–H and O–H groups in total. The van der Waals surface area contributed by atoms with E-state index in [1.54, 1.807) is 14.2 Å². The van der Waals surface area contributed by atoms with Gasteiger partial charge in [-0.2, -0.15) is 0 Å². The molecule has 0 saturated carbocycles. The molecule has 0 bridgehead atoms. The molecule has 4 heteroatoms. The summed E-state index contributed by atoms with van der Waals surface area (Å²) in [6, 6.07) is 13.5. The Balaban J connectivity index is 2.27. The predicted molar refractivity (Wildman–Crippen MR) is 79.7 cm³/mol. The van der Waals surface area contributed by atoms with E-state index in [2.05, 4.69) is 15.9 Å². The smallest absolute Gasteiger partial charge is 0.133 e. The van der Waals surface area contributed by atoms with Crippen molar-refractivity contribution in [2.45, 2.75) is 6.04 Å². The summed E-state index contributed by atoms with van der Waals surface area (Å²) in [5.41, 5.74) is 8.33. The zero-order valence-electron chi connectivity index (χ0n) is 10.9. The first-order chi connectivity index (χ1) is 9.15. The topological polar surface area (TPSA) is 44.5 Å². The molecule has 100 valence electrons. The van der Waals surface area contributed by atoms with Crippen LogP contribution in [0.4, 0.5) is 0 Å². The normalized spacial score (nSPS) is 12.0. The molecule has 0 aliphatic rings. The van der Waals surface area contributed by atoms with E-state index in [0.717, 1.165) is 27.1 Å². The number of benzene rings is 2. The van der Waals surface area contributed by atoms with Gasteiger partial charge >= 0.3 is 0 Å². The number of methoxy groups -OCH3 is 2. The summed E-state index contributed by atoms with van der Waals surface area (Å²) in [5.74, 6) is 1.62. The fraction of sp³-hybridized carbons (Fsp3) is 0.200. The molecular formula is C15H16BrNO2. The summed E-state index contributed by atoms with van der Waals surface area (Å²) < 4.78 is 11.3. The van der Waals surface area contributed by atoms with Gasteiger partial charge in [-0.25, -0.2) is 0 Å². The minimum atomic E-state index is -0.173. The summed E-state index contributed by atoms with van der Waals surface area (Å²) in [7, 11) is 3.29. The average Bonchev–Trinajstić information content (AvgIpc) is 2.46. The molecule has 0 fully saturated rings. The molecule has 1 atom stereocenters. The van der Waals surface area contributed by atoms with Crippen molar-refractivity contribution in [3.05, 3.63) is 58.1 Å². The van der Waals surface area contributed by atoms with Crippen LogP contribution in [0.5, 0.6) is 11.5 Å². The van der Waals surface area contributed by atoms with Gasteiger partial charge in [-0.3, -0.25) is 0 Å². The predicted octanol–water partition coefficient (Wildman–Crippen LogP) is 3.51. The molecule has 19 heavy (non-hydrogen) atoms. The number of ether oxygens (including phenoxy) is 2. The van der Waals surface area contributed by atoms with Gasteiger partial charge in [-0.1, -0.05) is 18.2 Å². The molecule has 0 saturated heterocycles. The third-order valence-electron chi connectivity index (χ3n) is 3.01. The summed E-state index contributed by atoms with van der Waals surface area (Å²) in [6.07, 6.45) is 0. The Morgan fingerprint density at radius 3 is 2.11 bits per heavy atom. The Hall–Kier alpha value is -1.52. The summed E-state index contributed by atoms with van der Waals surface area (Å²) in [6.45, 7) is 0. The van der Waals surface area contributed by atoms with Gasteiger partial charge in [0, 0.05) is 0 Å². The fourth-order valence-corrected chi connectivity index (χ4v) is 2.44. The number of hydrogen-bond acceptors (Lipinski definition) is 3. The van der Waals surface area contributed by atoms with Crippen LogP contribution in [0.3, 0.4) is 0 Å². The summed E-state index contributed by atoms with van der Waals surface area (Å²) >= 11 is 3.47. The molecule has 0 amide bonds. The molecule has 2 rings (SSSR count). The van der Waals surface area contributed by atoms with Crippen LogP contribution in [-0.2, 0) is 0 Å². The van der Waals surface area contributed by atoms with Crippen molar-refractivity contribution in [3.63, 3.8) is 0 Å². The standard InChI is InChI=1S/C15H16BrNO2/c1-18-12-6-3-10(4-7-12)15(17)11-5-8-14(19-2)13(16)9-11/h3-9,15H,17H2,1-2H3. The Labute approximate surface area is 121 Å². The molecule has 3 nitrogen and oxygen atoms in total. The Bertz CT molecular complexity index is 555. The number of nitrogens with two attached hydrogens (primary N) is 1. The number of rotatable bonds is 4. The second kappa shape index (κ2) is 6.08. The van der Waals surface area contributed by atoms with E-state index in [-0.39, 0.29) is 6.04 Å². The monoisotopic (exact) mass is 321 g/mol. The van der Waals surface area contributed by atoms with E-state index < -0.39 is 0 Å². The van der Waals surface area contributed by atoms with Crippen molar-refractivity contribution >= 4 is 15.9 Å². The molecule has 0 radical (unpaired) electrons. The van der Waals surface area contributed by atoms with Crippen molar-refractivity contribution in [1.29, 1.82) is 0 Å². The van der Waals surface area contributed by atoms with E-state index in [9.17, 15) is 0 Å². The molecule has 2 aromatic carbocycles. The van der Waals surface area contributed by atoms with Crippen LogP contribution >= 0.6 is 15.9 Å². The maximum Gasteiger partial charge on any atom is 0.133 e. The summed E-state index contributed by atoms with van der Waals surface area (Å²) in [5, 5.41) is 0. The van der Waals surface area contributed by atoms with E-state index in [4.69, 9.17) is 15.2 Å². The lowest BCUT2D eigenvalue weighted by atomic mass is 9.99. The van der Waals surface area contributed by atoms with Gasteiger partial charge in [-0.15, -0.1) is 0 Å². The number of halogens is 1. The quantitative estimate of drug-likeness (QED) is 0.937. The van der Waals surface area contributed by atoms with Gasteiger partial charge in [0.05, 0.1) is 24.7 Å². The highest BCUT2D eigenvalue weighted by Gasteiger charge is 2.11. The largest absolute Gasteiger partial charge is 0.497 e. The third kappa shape index (κ3) is 3.08. The van der Waals surface area contributed by atoms with Gasteiger partial charge in [0.25, 0.3) is 0 Å². The molecule has 1 unspecified atom stereocenters. The first kappa shape index (κ1) is 13.9. The first-order valence-corrected chi connectivity index (χ1v) is 6.68. The van der Waals surface area contributed by atoms with Crippen LogP contribution in [0, 0.1) is 0 Å². The third-order valence-corrected chi connectivity index (χ3v) is 3.63. The molecular weight excluding hydrogens is 306 g/mol. The zero-order chi connectivity index (χ0) is 13.8. The van der Waals surface area contributed by atoms with Crippen LogP contribution in [0.15, 0.2) is 46.9 Å². The van der Waals surface area contributed by atoms with Crippen LogP contribution in [0.25, 0.3) is 0 Å². The van der Waals surface area contributed by atoms with E-state index in [0.29, 0.717) is 0 Å². The molecule has 2 aromatic rings. The van der Waals surface area contributed by atoms with E-state index >= 15 is 0 Å². The second-order valence-corrected chi connectivity index (χ2v) is 5.00. The molecule has 0 spiro atoms. The van der Waals surface area contributed by atoms with Gasteiger partial charge in [0.15, 0.2) is 0 Å². The SMILES string of the molecule is COc1ccc(C(N)c2ccc(OC)c(Br)c2)cc1. The lowest BCUT2D eigenvalue weighted by molar-refractivity contribution is 0.412. The lowest BCUT2D eigenvalue weighted by Crippen LogP contribution is -2.11. The second-order valence-electron chi connectivity index (χ2n) is 4.14. The average molecular weight is 322 g/mol. The van der Waals surface area contributed by atoms with E-state index in [1.165, 1.54) is 0 Å². The maximum atomic E-state index is 6.27. The van der Waals surface area contributed by atoms with Crippen molar-refractivity contribution in [2.24, 2.45) is 5.73 Å². The lowest BCUT2D eigenvalue weighted by Gasteiger charge is -2.14. The van der Waals surface area contributed by atoms with Crippen LogP contribution in [-0.4, -0.2) is 14.2 Å². The van der Waals surface area contributed by atoms with E-state index in [1.807, 2.05) is 42.5 Å². The molecule has 0 aliphatic carbocycles. The van der Waals surface area contributed by atoms with Gasteiger partial charge in [0.2, 0.25) is 0 Å². The van der Waals surface area contributed by atoms with Crippen LogP contribution < -0.4 is 15.2 Å². The van der Waals surface area contributed by atoms with Crippen molar-refractivity contribution in [2.75, 3.05) is 14.2 Å². The molecule has 0 heterocycles. The highest BCUT2D eigenvalue weighted by molar-refractivity contribution is 9.10. The fourth-order valence-electron chi connectivity index (χ4n) is 1.88. The van der Waals surface area contributed by atoms with Gasteiger partial charge in [-0.05, 0) is 51.3 Å². The Morgan fingerprint density at radius 1 is 0.947 bits per heavy atom. The zero-order valence-corrected chi connectivity index (χ0v) is 12.5. The van der Waals surface area contributed by atoms with Gasteiger partial charge < -0.3 is 15.2 Å². The highest BCUT2D eigenvalue weighted by atomic mass is 79.9. The Morgan fingerprint density at radius 2 is 1.58 bits per heavy atom. The Kier molecular flexibility index (Phi) is 4.45. The van der Waals surface area contributed by atoms with Crippen molar-refractivity contribution in [1.82, 2.24) is 0 Å². The number of hydrogen-bond donors (Lipinski definition) is 1. The van der Waals surface area contributed by atoms with Crippen LogP contribution in [0.2, 0.25) is 0 Å². The van der Waals surface area contributed by atoms with Crippen molar-refractivity contribution in [3.8, 4) is 11.5 Å². The first-order valence-electron chi connectivity index (χ1n) is 5.88. The maximum absolute atomic E-state index is 6.27. The minimum absolute atomic E-state index is 0.173. The highest BCUT2D eigenvalue weighted by Crippen LogP contribution is 2.30. The van der Waals surface area contributed by atoms with Gasteiger partial charge in [0.1, 0.15) is 11.5 Å². The minimum Gasteiger partial charge on any atom is -0.497 e.